The predicted octanol–water partition coefficient (Wildman–Crippen LogP) is 3.70. The lowest BCUT2D eigenvalue weighted by Gasteiger charge is -2.14. The van der Waals surface area contributed by atoms with Crippen molar-refractivity contribution >= 4 is 0 Å². The fourth-order valence-electron chi connectivity index (χ4n) is 2.29. The van der Waals surface area contributed by atoms with Gasteiger partial charge in [0.1, 0.15) is 5.75 Å². The van der Waals surface area contributed by atoms with Gasteiger partial charge in [0.05, 0.1) is 7.11 Å². The maximum atomic E-state index is 5.58. The van der Waals surface area contributed by atoms with Crippen molar-refractivity contribution in [1.82, 2.24) is 5.32 Å². The largest absolute Gasteiger partial charge is 0.496 e. The van der Waals surface area contributed by atoms with Gasteiger partial charge < -0.3 is 10.1 Å². The Morgan fingerprint density at radius 1 is 1.00 bits per heavy atom. The summed E-state index contributed by atoms with van der Waals surface area (Å²) in [6.45, 7) is 5.11. The summed E-state index contributed by atoms with van der Waals surface area (Å²) in [5.74, 6) is 0.973. The molecule has 0 aliphatic heterocycles. The lowest BCUT2D eigenvalue weighted by molar-refractivity contribution is 0.413. The van der Waals surface area contributed by atoms with Crippen molar-refractivity contribution in [2.45, 2.75) is 20.4 Å². The van der Waals surface area contributed by atoms with Crippen LogP contribution in [0.5, 0.6) is 5.75 Å². The Labute approximate surface area is 115 Å². The molecule has 0 bridgehead atoms. The smallest absolute Gasteiger partial charge is 0.129 e. The molecule has 0 aliphatic carbocycles. The lowest BCUT2D eigenvalue weighted by atomic mass is 9.98. The summed E-state index contributed by atoms with van der Waals surface area (Å²) in [5, 5.41) is 3.16. The molecule has 100 valence electrons. The molecule has 2 rings (SSSR count). The van der Waals surface area contributed by atoms with Gasteiger partial charge in [0, 0.05) is 12.1 Å². The van der Waals surface area contributed by atoms with Gasteiger partial charge in [-0.3, -0.25) is 0 Å². The Kier molecular flexibility index (Phi) is 4.23. The van der Waals surface area contributed by atoms with E-state index in [0.717, 1.165) is 17.9 Å². The van der Waals surface area contributed by atoms with Gasteiger partial charge in [-0.1, -0.05) is 36.4 Å². The third-order valence-electron chi connectivity index (χ3n) is 3.53. The standard InChI is InChI=1S/C17H21NO/c1-12-5-10-16(17(19-4)13(12)2)15-8-6-14(7-9-15)11-18-3/h5-10,18H,11H2,1-4H3. The molecular weight excluding hydrogens is 234 g/mol. The van der Waals surface area contributed by atoms with Gasteiger partial charge in [-0.25, -0.2) is 0 Å². The van der Waals surface area contributed by atoms with Crippen LogP contribution in [0, 0.1) is 13.8 Å². The molecule has 0 atom stereocenters. The fourth-order valence-corrected chi connectivity index (χ4v) is 2.29. The van der Waals surface area contributed by atoms with Crippen LogP contribution in [0.1, 0.15) is 16.7 Å². The Morgan fingerprint density at radius 3 is 2.26 bits per heavy atom. The van der Waals surface area contributed by atoms with Crippen molar-refractivity contribution in [3.63, 3.8) is 0 Å². The van der Waals surface area contributed by atoms with Gasteiger partial charge in [-0.05, 0) is 43.1 Å². The maximum absolute atomic E-state index is 5.58. The van der Waals surface area contributed by atoms with Crippen molar-refractivity contribution in [3.8, 4) is 16.9 Å². The molecule has 0 saturated carbocycles. The number of hydrogen-bond donors (Lipinski definition) is 1. The van der Waals surface area contributed by atoms with Crippen LogP contribution in [0.4, 0.5) is 0 Å². The fraction of sp³-hybridized carbons (Fsp3) is 0.294. The Morgan fingerprint density at radius 2 is 1.68 bits per heavy atom. The number of aryl methyl sites for hydroxylation is 1. The average molecular weight is 255 g/mol. The molecule has 0 heterocycles. The first-order chi connectivity index (χ1) is 9.17. The summed E-state index contributed by atoms with van der Waals surface area (Å²) in [5.41, 5.74) is 6.10. The quantitative estimate of drug-likeness (QED) is 0.899. The van der Waals surface area contributed by atoms with E-state index in [1.165, 1.54) is 22.3 Å². The zero-order valence-corrected chi connectivity index (χ0v) is 12.1. The van der Waals surface area contributed by atoms with Crippen LogP contribution < -0.4 is 10.1 Å². The highest BCUT2D eigenvalue weighted by Crippen LogP contribution is 2.34. The van der Waals surface area contributed by atoms with Crippen molar-refractivity contribution in [2.75, 3.05) is 14.2 Å². The number of rotatable bonds is 4. The van der Waals surface area contributed by atoms with E-state index in [2.05, 4.69) is 55.6 Å². The molecule has 0 fully saturated rings. The first-order valence-electron chi connectivity index (χ1n) is 6.55. The van der Waals surface area contributed by atoms with Crippen molar-refractivity contribution in [3.05, 3.63) is 53.1 Å². The van der Waals surface area contributed by atoms with Gasteiger partial charge >= 0.3 is 0 Å². The van der Waals surface area contributed by atoms with Crippen LogP contribution in [-0.4, -0.2) is 14.2 Å². The number of methoxy groups -OCH3 is 1. The minimum atomic E-state index is 0.893. The van der Waals surface area contributed by atoms with Crippen LogP contribution in [0.2, 0.25) is 0 Å². The molecule has 0 unspecified atom stereocenters. The molecule has 2 aromatic carbocycles. The molecule has 0 amide bonds. The average Bonchev–Trinajstić information content (AvgIpc) is 2.43. The van der Waals surface area contributed by atoms with Crippen molar-refractivity contribution < 1.29 is 4.74 Å². The zero-order chi connectivity index (χ0) is 13.8. The maximum Gasteiger partial charge on any atom is 0.129 e. The lowest BCUT2D eigenvalue weighted by Crippen LogP contribution is -2.04. The second-order valence-corrected chi connectivity index (χ2v) is 4.82. The molecule has 0 spiro atoms. The molecule has 0 aromatic heterocycles. The van der Waals surface area contributed by atoms with Gasteiger partial charge in [-0.15, -0.1) is 0 Å². The minimum absolute atomic E-state index is 0.893. The van der Waals surface area contributed by atoms with E-state index >= 15 is 0 Å². The third kappa shape index (κ3) is 2.79. The van der Waals surface area contributed by atoms with Crippen LogP contribution in [0.15, 0.2) is 36.4 Å². The number of ether oxygens (including phenoxy) is 1. The van der Waals surface area contributed by atoms with Crippen LogP contribution in [0.25, 0.3) is 11.1 Å². The summed E-state index contributed by atoms with van der Waals surface area (Å²) in [6.07, 6.45) is 0. The molecular formula is C17H21NO. The molecule has 19 heavy (non-hydrogen) atoms. The third-order valence-corrected chi connectivity index (χ3v) is 3.53. The van der Waals surface area contributed by atoms with E-state index in [-0.39, 0.29) is 0 Å². The van der Waals surface area contributed by atoms with E-state index in [9.17, 15) is 0 Å². The first kappa shape index (κ1) is 13.6. The first-order valence-corrected chi connectivity index (χ1v) is 6.55. The second kappa shape index (κ2) is 5.89. The SMILES string of the molecule is CNCc1ccc(-c2ccc(C)c(C)c2OC)cc1. The van der Waals surface area contributed by atoms with Crippen molar-refractivity contribution in [1.29, 1.82) is 0 Å². The molecule has 2 nitrogen and oxygen atoms in total. The summed E-state index contributed by atoms with van der Waals surface area (Å²) in [6, 6.07) is 12.9. The minimum Gasteiger partial charge on any atom is -0.496 e. The summed E-state index contributed by atoms with van der Waals surface area (Å²) < 4.78 is 5.58. The molecule has 2 aromatic rings. The monoisotopic (exact) mass is 255 g/mol. The Bertz CT molecular complexity index is 558. The van der Waals surface area contributed by atoms with Crippen LogP contribution in [0.3, 0.4) is 0 Å². The van der Waals surface area contributed by atoms with E-state index in [4.69, 9.17) is 4.74 Å². The van der Waals surface area contributed by atoms with E-state index in [1.54, 1.807) is 7.11 Å². The van der Waals surface area contributed by atoms with Gasteiger partial charge in [0.2, 0.25) is 0 Å². The molecule has 0 radical (unpaired) electrons. The number of nitrogens with one attached hydrogen (secondary N) is 1. The van der Waals surface area contributed by atoms with Crippen LogP contribution in [-0.2, 0) is 6.54 Å². The topological polar surface area (TPSA) is 21.3 Å². The number of hydrogen-bond acceptors (Lipinski definition) is 2. The van der Waals surface area contributed by atoms with Gasteiger partial charge in [0.25, 0.3) is 0 Å². The Hall–Kier alpha value is -1.80. The van der Waals surface area contributed by atoms with E-state index < -0.39 is 0 Å². The molecule has 2 heteroatoms. The van der Waals surface area contributed by atoms with E-state index in [0.29, 0.717) is 0 Å². The second-order valence-electron chi connectivity index (χ2n) is 4.82. The summed E-state index contributed by atoms with van der Waals surface area (Å²) in [7, 11) is 3.70. The highest BCUT2D eigenvalue weighted by atomic mass is 16.5. The summed E-state index contributed by atoms with van der Waals surface area (Å²) >= 11 is 0. The zero-order valence-electron chi connectivity index (χ0n) is 12.1. The van der Waals surface area contributed by atoms with Crippen molar-refractivity contribution in [2.24, 2.45) is 0 Å². The highest BCUT2D eigenvalue weighted by Gasteiger charge is 2.10. The van der Waals surface area contributed by atoms with Crippen LogP contribution >= 0.6 is 0 Å². The number of benzene rings is 2. The van der Waals surface area contributed by atoms with Gasteiger partial charge in [0.15, 0.2) is 0 Å². The summed E-state index contributed by atoms with van der Waals surface area (Å²) in [4.78, 5) is 0. The predicted molar refractivity (Wildman–Crippen MR) is 80.7 cm³/mol. The van der Waals surface area contributed by atoms with E-state index in [1.807, 2.05) is 7.05 Å². The molecule has 1 N–H and O–H groups in total. The van der Waals surface area contributed by atoms with Gasteiger partial charge in [-0.2, -0.15) is 0 Å². The molecule has 0 aliphatic rings. The molecule has 0 saturated heterocycles. The Balaban J connectivity index is 2.44. The highest BCUT2D eigenvalue weighted by molar-refractivity contribution is 5.73. The normalized spacial score (nSPS) is 10.5.